The van der Waals surface area contributed by atoms with Gasteiger partial charge in [0.1, 0.15) is 0 Å². The molecule has 0 unspecified atom stereocenters. The van der Waals surface area contributed by atoms with Crippen molar-refractivity contribution in [1.82, 2.24) is 4.98 Å². The largest absolute Gasteiger partial charge is 0.349 e. The van der Waals surface area contributed by atoms with Crippen LogP contribution < -0.4 is 10.6 Å². The van der Waals surface area contributed by atoms with Crippen LogP contribution in [0.3, 0.4) is 0 Å². The van der Waals surface area contributed by atoms with Gasteiger partial charge in [-0.15, -0.1) is 11.3 Å². The van der Waals surface area contributed by atoms with E-state index in [4.69, 9.17) is 5.73 Å². The Bertz CT molecular complexity index is 243. The zero-order valence-corrected chi connectivity index (χ0v) is 9.10. The van der Waals surface area contributed by atoms with Crippen molar-refractivity contribution in [3.8, 4) is 0 Å². The number of nitrogens with zero attached hydrogens (tertiary/aromatic N) is 2. The van der Waals surface area contributed by atoms with Crippen LogP contribution in [0.4, 0.5) is 5.13 Å². The van der Waals surface area contributed by atoms with Gasteiger partial charge in [0, 0.05) is 24.2 Å². The van der Waals surface area contributed by atoms with Crippen LogP contribution in [-0.2, 0) is 6.42 Å². The van der Waals surface area contributed by atoms with Crippen molar-refractivity contribution in [2.24, 2.45) is 5.73 Å². The smallest absolute Gasteiger partial charge is 0.185 e. The fourth-order valence-corrected chi connectivity index (χ4v) is 2.25. The third kappa shape index (κ3) is 2.67. The van der Waals surface area contributed by atoms with Gasteiger partial charge in [0.05, 0.1) is 0 Å². The molecule has 0 aliphatic heterocycles. The summed E-state index contributed by atoms with van der Waals surface area (Å²) in [5.74, 6) is 0. The molecular formula is C9H17N3S. The van der Waals surface area contributed by atoms with Gasteiger partial charge in [-0.05, 0) is 26.8 Å². The molecule has 74 valence electrons. The minimum atomic E-state index is 0.708. The summed E-state index contributed by atoms with van der Waals surface area (Å²) >= 11 is 1.75. The zero-order valence-electron chi connectivity index (χ0n) is 8.29. The first kappa shape index (κ1) is 10.5. The van der Waals surface area contributed by atoms with Crippen LogP contribution in [0, 0.1) is 0 Å². The molecule has 13 heavy (non-hydrogen) atoms. The molecule has 1 rings (SSSR count). The topological polar surface area (TPSA) is 42.2 Å². The molecule has 2 N–H and O–H groups in total. The molecule has 0 aromatic carbocycles. The van der Waals surface area contributed by atoms with Gasteiger partial charge in [0.25, 0.3) is 0 Å². The third-order valence-electron chi connectivity index (χ3n) is 1.97. The molecule has 4 heteroatoms. The average Bonchev–Trinajstić information content (AvgIpc) is 2.56. The molecule has 0 aliphatic rings. The van der Waals surface area contributed by atoms with E-state index in [-0.39, 0.29) is 0 Å². The van der Waals surface area contributed by atoms with E-state index in [1.54, 1.807) is 11.3 Å². The second-order valence-electron chi connectivity index (χ2n) is 2.82. The van der Waals surface area contributed by atoms with E-state index in [0.29, 0.717) is 6.54 Å². The summed E-state index contributed by atoms with van der Waals surface area (Å²) in [4.78, 5) is 7.90. The molecule has 0 atom stereocenters. The van der Waals surface area contributed by atoms with Crippen molar-refractivity contribution in [3.63, 3.8) is 0 Å². The van der Waals surface area contributed by atoms with Gasteiger partial charge in [-0.25, -0.2) is 4.98 Å². The first-order valence-electron chi connectivity index (χ1n) is 4.71. The molecule has 1 heterocycles. The van der Waals surface area contributed by atoms with Crippen LogP contribution in [-0.4, -0.2) is 24.6 Å². The van der Waals surface area contributed by atoms with E-state index in [2.05, 4.69) is 23.7 Å². The monoisotopic (exact) mass is 199 g/mol. The average molecular weight is 199 g/mol. The lowest BCUT2D eigenvalue weighted by molar-refractivity contribution is 0.860. The van der Waals surface area contributed by atoms with Gasteiger partial charge >= 0.3 is 0 Å². The van der Waals surface area contributed by atoms with Gasteiger partial charge in [0.15, 0.2) is 5.13 Å². The Morgan fingerprint density at radius 1 is 1.46 bits per heavy atom. The van der Waals surface area contributed by atoms with Crippen LogP contribution in [0.1, 0.15) is 18.7 Å². The second-order valence-corrected chi connectivity index (χ2v) is 3.91. The summed E-state index contributed by atoms with van der Waals surface area (Å²) in [7, 11) is 0. The van der Waals surface area contributed by atoms with Crippen LogP contribution in [0.5, 0.6) is 0 Å². The molecule has 0 amide bonds. The van der Waals surface area contributed by atoms with Gasteiger partial charge in [0.2, 0.25) is 0 Å². The summed E-state index contributed by atoms with van der Waals surface area (Å²) in [6.07, 6.45) is 2.88. The minimum Gasteiger partial charge on any atom is -0.349 e. The number of hydrogen-bond acceptors (Lipinski definition) is 4. The third-order valence-corrected chi connectivity index (χ3v) is 3.08. The molecule has 1 aromatic heterocycles. The van der Waals surface area contributed by atoms with Crippen molar-refractivity contribution in [1.29, 1.82) is 0 Å². The number of aromatic nitrogens is 1. The Hall–Kier alpha value is -0.610. The highest BCUT2D eigenvalue weighted by Crippen LogP contribution is 2.22. The second kappa shape index (κ2) is 5.19. The molecule has 0 spiro atoms. The van der Waals surface area contributed by atoms with Crippen molar-refractivity contribution in [3.05, 3.63) is 11.1 Å². The summed E-state index contributed by atoms with van der Waals surface area (Å²) in [5, 5.41) is 1.12. The lowest BCUT2D eigenvalue weighted by Crippen LogP contribution is -2.21. The number of anilines is 1. The van der Waals surface area contributed by atoms with Crippen LogP contribution in [0.25, 0.3) is 0 Å². The predicted molar refractivity (Wildman–Crippen MR) is 58.4 cm³/mol. The van der Waals surface area contributed by atoms with Crippen LogP contribution in [0.15, 0.2) is 6.20 Å². The van der Waals surface area contributed by atoms with Gasteiger partial charge < -0.3 is 10.6 Å². The molecule has 0 bridgehead atoms. The maximum atomic E-state index is 5.48. The number of rotatable bonds is 5. The molecule has 0 fully saturated rings. The molecular weight excluding hydrogens is 182 g/mol. The van der Waals surface area contributed by atoms with Crippen molar-refractivity contribution in [2.45, 2.75) is 20.3 Å². The van der Waals surface area contributed by atoms with Crippen LogP contribution in [0.2, 0.25) is 0 Å². The van der Waals surface area contributed by atoms with Crippen molar-refractivity contribution in [2.75, 3.05) is 24.5 Å². The van der Waals surface area contributed by atoms with E-state index >= 15 is 0 Å². The molecule has 0 aliphatic carbocycles. The summed E-state index contributed by atoms with van der Waals surface area (Å²) < 4.78 is 0. The van der Waals surface area contributed by atoms with E-state index < -0.39 is 0 Å². The molecule has 1 aromatic rings. The molecule has 0 saturated carbocycles. The SMILES string of the molecule is CCN(CC)c1ncc(CCN)s1. The first-order valence-corrected chi connectivity index (χ1v) is 5.53. The normalized spacial score (nSPS) is 10.4. The maximum Gasteiger partial charge on any atom is 0.185 e. The number of thiazole rings is 1. The zero-order chi connectivity index (χ0) is 9.68. The standard InChI is InChI=1S/C9H17N3S/c1-3-12(4-2)9-11-7-8(13-9)5-6-10/h7H,3-6,10H2,1-2H3. The predicted octanol–water partition coefficient (Wildman–Crippen LogP) is 1.49. The summed E-state index contributed by atoms with van der Waals surface area (Å²) in [5.41, 5.74) is 5.48. The Labute approximate surface area is 83.6 Å². The molecule has 0 saturated heterocycles. The minimum absolute atomic E-state index is 0.708. The van der Waals surface area contributed by atoms with Gasteiger partial charge in [-0.3, -0.25) is 0 Å². The Morgan fingerprint density at radius 3 is 2.69 bits per heavy atom. The van der Waals surface area contributed by atoms with E-state index in [1.807, 2.05) is 6.20 Å². The fourth-order valence-electron chi connectivity index (χ4n) is 1.20. The van der Waals surface area contributed by atoms with Crippen molar-refractivity contribution < 1.29 is 0 Å². The highest BCUT2D eigenvalue weighted by atomic mass is 32.1. The molecule has 3 nitrogen and oxygen atoms in total. The lowest BCUT2D eigenvalue weighted by atomic mass is 10.4. The Balaban J connectivity index is 2.66. The fraction of sp³-hybridized carbons (Fsp3) is 0.667. The summed E-state index contributed by atoms with van der Waals surface area (Å²) in [6, 6.07) is 0. The Morgan fingerprint density at radius 2 is 2.15 bits per heavy atom. The van der Waals surface area contributed by atoms with E-state index in [9.17, 15) is 0 Å². The Kier molecular flexibility index (Phi) is 4.18. The summed E-state index contributed by atoms with van der Waals surface area (Å²) in [6.45, 7) is 7.04. The quantitative estimate of drug-likeness (QED) is 0.781. The highest BCUT2D eigenvalue weighted by molar-refractivity contribution is 7.15. The highest BCUT2D eigenvalue weighted by Gasteiger charge is 2.06. The van der Waals surface area contributed by atoms with Gasteiger partial charge in [-0.2, -0.15) is 0 Å². The van der Waals surface area contributed by atoms with Crippen molar-refractivity contribution >= 4 is 16.5 Å². The first-order chi connectivity index (χ1) is 6.31. The lowest BCUT2D eigenvalue weighted by Gasteiger charge is -2.16. The van der Waals surface area contributed by atoms with E-state index in [0.717, 1.165) is 24.6 Å². The molecule has 0 radical (unpaired) electrons. The maximum absolute atomic E-state index is 5.48. The van der Waals surface area contributed by atoms with E-state index in [1.165, 1.54) is 4.88 Å². The number of hydrogen-bond donors (Lipinski definition) is 1. The van der Waals surface area contributed by atoms with Crippen LogP contribution >= 0.6 is 11.3 Å². The van der Waals surface area contributed by atoms with Gasteiger partial charge in [-0.1, -0.05) is 0 Å². The number of nitrogens with two attached hydrogens (primary N) is 1.